The standard InChI is InChI=1S/C11H20F2N2O2/c1-17-7-6-15(8-10(12)13)11(16)9-2-4-14-5-3-9/h9-10,14H,2-8H2,1H3. The van der Waals surface area contributed by atoms with Crippen molar-refractivity contribution >= 4 is 5.91 Å². The highest BCUT2D eigenvalue weighted by molar-refractivity contribution is 5.79. The highest BCUT2D eigenvalue weighted by Gasteiger charge is 2.27. The zero-order valence-electron chi connectivity index (χ0n) is 10.1. The molecule has 6 heteroatoms. The Morgan fingerprint density at radius 3 is 2.65 bits per heavy atom. The first kappa shape index (κ1) is 14.3. The van der Waals surface area contributed by atoms with Gasteiger partial charge in [-0.3, -0.25) is 4.79 Å². The molecule has 1 rings (SSSR count). The SMILES string of the molecule is COCCN(CC(F)F)C(=O)C1CCNCC1. The van der Waals surface area contributed by atoms with Gasteiger partial charge in [0, 0.05) is 19.6 Å². The van der Waals surface area contributed by atoms with Crippen molar-refractivity contribution in [2.45, 2.75) is 19.3 Å². The lowest BCUT2D eigenvalue weighted by molar-refractivity contribution is -0.139. The van der Waals surface area contributed by atoms with Gasteiger partial charge in [0.15, 0.2) is 0 Å². The van der Waals surface area contributed by atoms with Gasteiger partial charge in [-0.15, -0.1) is 0 Å². The van der Waals surface area contributed by atoms with E-state index in [1.54, 1.807) is 0 Å². The normalized spacial score (nSPS) is 17.4. The van der Waals surface area contributed by atoms with Crippen molar-refractivity contribution in [3.63, 3.8) is 0 Å². The lowest BCUT2D eigenvalue weighted by Crippen LogP contribution is -2.44. The molecule has 0 unspecified atom stereocenters. The van der Waals surface area contributed by atoms with Crippen molar-refractivity contribution in [1.29, 1.82) is 0 Å². The number of carbonyl (C=O) groups is 1. The fraction of sp³-hybridized carbons (Fsp3) is 0.909. The molecule has 0 atom stereocenters. The topological polar surface area (TPSA) is 41.6 Å². The van der Waals surface area contributed by atoms with E-state index in [4.69, 9.17) is 4.74 Å². The van der Waals surface area contributed by atoms with E-state index in [0.29, 0.717) is 6.61 Å². The summed E-state index contributed by atoms with van der Waals surface area (Å²) >= 11 is 0. The van der Waals surface area contributed by atoms with Crippen LogP contribution in [0.3, 0.4) is 0 Å². The van der Waals surface area contributed by atoms with Crippen LogP contribution in [0.4, 0.5) is 8.78 Å². The number of ether oxygens (including phenoxy) is 1. The molecule has 1 aliphatic rings. The first-order valence-corrected chi connectivity index (χ1v) is 5.91. The molecular formula is C11H20F2N2O2. The third-order valence-electron chi connectivity index (χ3n) is 2.92. The predicted octanol–water partition coefficient (Wildman–Crippen LogP) is 0.726. The zero-order valence-corrected chi connectivity index (χ0v) is 10.1. The molecule has 4 nitrogen and oxygen atoms in total. The number of hydrogen-bond donors (Lipinski definition) is 1. The Kier molecular flexibility index (Phi) is 6.36. The quantitative estimate of drug-likeness (QED) is 0.755. The van der Waals surface area contributed by atoms with Gasteiger partial charge < -0.3 is 15.0 Å². The summed E-state index contributed by atoms with van der Waals surface area (Å²) in [5.74, 6) is -0.282. The molecule has 0 aliphatic carbocycles. The summed E-state index contributed by atoms with van der Waals surface area (Å²) in [5, 5.41) is 3.15. The summed E-state index contributed by atoms with van der Waals surface area (Å²) < 4.78 is 29.6. The molecule has 1 aliphatic heterocycles. The number of piperidine rings is 1. The van der Waals surface area contributed by atoms with Gasteiger partial charge in [0.25, 0.3) is 6.43 Å². The average molecular weight is 250 g/mol. The van der Waals surface area contributed by atoms with Crippen molar-refractivity contribution in [3.05, 3.63) is 0 Å². The number of amides is 1. The van der Waals surface area contributed by atoms with Crippen LogP contribution in [-0.4, -0.2) is 57.1 Å². The van der Waals surface area contributed by atoms with Crippen LogP contribution in [0.1, 0.15) is 12.8 Å². The largest absolute Gasteiger partial charge is 0.383 e. The molecule has 17 heavy (non-hydrogen) atoms. The second kappa shape index (κ2) is 7.55. The van der Waals surface area contributed by atoms with Crippen LogP contribution < -0.4 is 5.32 Å². The Labute approximate surface area is 100 Å². The van der Waals surface area contributed by atoms with E-state index in [9.17, 15) is 13.6 Å². The van der Waals surface area contributed by atoms with Crippen LogP contribution in [0, 0.1) is 5.92 Å². The summed E-state index contributed by atoms with van der Waals surface area (Å²) in [6.45, 7) is 1.60. The van der Waals surface area contributed by atoms with Gasteiger partial charge in [0.05, 0.1) is 13.2 Å². The van der Waals surface area contributed by atoms with Gasteiger partial charge in [-0.1, -0.05) is 0 Å². The highest BCUT2D eigenvalue weighted by Crippen LogP contribution is 2.15. The third-order valence-corrected chi connectivity index (χ3v) is 2.92. The van der Waals surface area contributed by atoms with Crippen LogP contribution in [-0.2, 0) is 9.53 Å². The summed E-state index contributed by atoms with van der Waals surface area (Å²) in [5.41, 5.74) is 0. The molecule has 1 amide bonds. The van der Waals surface area contributed by atoms with Gasteiger partial charge >= 0.3 is 0 Å². The number of nitrogens with one attached hydrogen (secondary N) is 1. The van der Waals surface area contributed by atoms with E-state index in [-0.39, 0.29) is 18.4 Å². The van der Waals surface area contributed by atoms with E-state index < -0.39 is 13.0 Å². The monoisotopic (exact) mass is 250 g/mol. The van der Waals surface area contributed by atoms with E-state index in [2.05, 4.69) is 5.32 Å². The number of rotatable bonds is 6. The number of halogens is 2. The number of hydrogen-bond acceptors (Lipinski definition) is 3. The fourth-order valence-corrected chi connectivity index (χ4v) is 1.99. The molecule has 0 spiro atoms. The summed E-state index contributed by atoms with van der Waals surface area (Å²) in [4.78, 5) is 13.3. The lowest BCUT2D eigenvalue weighted by atomic mass is 9.96. The molecule has 0 aromatic carbocycles. The lowest BCUT2D eigenvalue weighted by Gasteiger charge is -2.29. The Hall–Kier alpha value is -0.750. The third kappa shape index (κ3) is 4.95. The number of nitrogens with zero attached hydrogens (tertiary/aromatic N) is 1. The number of carbonyl (C=O) groups excluding carboxylic acids is 1. The first-order chi connectivity index (χ1) is 8.15. The molecule has 0 aromatic heterocycles. The second-order valence-electron chi connectivity index (χ2n) is 4.19. The maximum Gasteiger partial charge on any atom is 0.255 e. The Balaban J connectivity index is 2.50. The minimum atomic E-state index is -2.49. The van der Waals surface area contributed by atoms with Crippen LogP contribution >= 0.6 is 0 Å². The maximum absolute atomic E-state index is 12.4. The summed E-state index contributed by atoms with van der Waals surface area (Å²) in [6.07, 6.45) is -1.03. The molecule has 100 valence electrons. The van der Waals surface area contributed by atoms with Crippen LogP contribution in [0.2, 0.25) is 0 Å². The molecule has 0 saturated carbocycles. The summed E-state index contributed by atoms with van der Waals surface area (Å²) in [7, 11) is 1.50. The fourth-order valence-electron chi connectivity index (χ4n) is 1.99. The molecular weight excluding hydrogens is 230 g/mol. The van der Waals surface area contributed by atoms with E-state index in [0.717, 1.165) is 25.9 Å². The molecule has 1 heterocycles. The number of methoxy groups -OCH3 is 1. The smallest absolute Gasteiger partial charge is 0.255 e. The van der Waals surface area contributed by atoms with Crippen LogP contribution in [0.15, 0.2) is 0 Å². The van der Waals surface area contributed by atoms with Gasteiger partial charge in [-0.25, -0.2) is 8.78 Å². The first-order valence-electron chi connectivity index (χ1n) is 5.91. The molecule has 1 N–H and O–H groups in total. The van der Waals surface area contributed by atoms with E-state index in [1.165, 1.54) is 12.0 Å². The zero-order chi connectivity index (χ0) is 12.7. The molecule has 1 saturated heterocycles. The van der Waals surface area contributed by atoms with Crippen molar-refractivity contribution in [2.24, 2.45) is 5.92 Å². The van der Waals surface area contributed by atoms with Crippen molar-refractivity contribution < 1.29 is 18.3 Å². The van der Waals surface area contributed by atoms with Crippen molar-refractivity contribution in [3.8, 4) is 0 Å². The maximum atomic E-state index is 12.4. The van der Waals surface area contributed by atoms with E-state index >= 15 is 0 Å². The second-order valence-corrected chi connectivity index (χ2v) is 4.19. The molecule has 1 fully saturated rings. The van der Waals surface area contributed by atoms with Crippen molar-refractivity contribution in [2.75, 3.05) is 39.9 Å². The van der Waals surface area contributed by atoms with Gasteiger partial charge in [-0.2, -0.15) is 0 Å². The number of alkyl halides is 2. The Morgan fingerprint density at radius 2 is 2.12 bits per heavy atom. The average Bonchev–Trinajstić information content (AvgIpc) is 2.34. The minimum absolute atomic E-state index is 0.119. The molecule has 0 bridgehead atoms. The van der Waals surface area contributed by atoms with Crippen molar-refractivity contribution in [1.82, 2.24) is 10.2 Å². The van der Waals surface area contributed by atoms with Gasteiger partial charge in [0.1, 0.15) is 0 Å². The Morgan fingerprint density at radius 1 is 1.47 bits per heavy atom. The van der Waals surface area contributed by atoms with Gasteiger partial charge in [0.2, 0.25) is 5.91 Å². The Bertz CT molecular complexity index is 234. The summed E-state index contributed by atoms with van der Waals surface area (Å²) in [6, 6.07) is 0. The highest BCUT2D eigenvalue weighted by atomic mass is 19.3. The minimum Gasteiger partial charge on any atom is -0.383 e. The predicted molar refractivity (Wildman–Crippen MR) is 60.1 cm³/mol. The van der Waals surface area contributed by atoms with E-state index in [1.807, 2.05) is 0 Å². The molecule has 0 radical (unpaired) electrons. The molecule has 0 aromatic rings. The van der Waals surface area contributed by atoms with Crippen LogP contribution in [0.5, 0.6) is 0 Å². The van der Waals surface area contributed by atoms with Crippen LogP contribution in [0.25, 0.3) is 0 Å². The van der Waals surface area contributed by atoms with Gasteiger partial charge in [-0.05, 0) is 25.9 Å².